The Morgan fingerprint density at radius 1 is 1.24 bits per heavy atom. The number of phenols is 1. The molecule has 0 aliphatic heterocycles. The van der Waals surface area contributed by atoms with Crippen LogP contribution in [0.2, 0.25) is 0 Å². The van der Waals surface area contributed by atoms with Gasteiger partial charge in [-0.25, -0.2) is 4.98 Å². The van der Waals surface area contributed by atoms with E-state index < -0.39 is 5.91 Å². The highest BCUT2D eigenvalue weighted by Crippen LogP contribution is 2.22. The zero-order valence-corrected chi connectivity index (χ0v) is 13.3. The zero-order valence-electron chi connectivity index (χ0n) is 11.7. The topological polar surface area (TPSA) is 88.0 Å². The van der Waals surface area contributed by atoms with Crippen molar-refractivity contribution in [3.63, 3.8) is 0 Å². The van der Waals surface area contributed by atoms with Crippen molar-refractivity contribution in [1.29, 1.82) is 0 Å². The first-order chi connectivity index (χ1) is 10.0. The molecule has 0 aliphatic carbocycles. The maximum Gasteiger partial charge on any atom is 0.261 e. The van der Waals surface area contributed by atoms with E-state index >= 15 is 0 Å². The monoisotopic (exact) mass is 350 g/mol. The lowest BCUT2D eigenvalue weighted by molar-refractivity contribution is 0.102. The Balaban J connectivity index is 2.25. The molecule has 7 heteroatoms. The molecule has 1 aromatic carbocycles. The van der Waals surface area contributed by atoms with Crippen molar-refractivity contribution < 1.29 is 9.90 Å². The van der Waals surface area contributed by atoms with Crippen LogP contribution in [0.5, 0.6) is 5.75 Å². The lowest BCUT2D eigenvalue weighted by atomic mass is 10.2. The molecule has 1 heterocycles. The number of aryl methyl sites for hydroxylation is 2. The summed E-state index contributed by atoms with van der Waals surface area (Å²) in [4.78, 5) is 16.4. The summed E-state index contributed by atoms with van der Waals surface area (Å²) in [5, 5.41) is 20.2. The highest BCUT2D eigenvalue weighted by atomic mass is 79.9. The SMILES string of the molecule is CCc1nnc(NC(=O)c2cc(Br)ccc2O)nc1CC. The number of carbonyl (C=O) groups is 1. The molecule has 1 aromatic heterocycles. The Bertz CT molecular complexity index is 676. The van der Waals surface area contributed by atoms with Crippen molar-refractivity contribution in [2.75, 3.05) is 5.32 Å². The molecule has 0 saturated heterocycles. The summed E-state index contributed by atoms with van der Waals surface area (Å²) in [6.07, 6.45) is 1.45. The molecular weight excluding hydrogens is 336 g/mol. The summed E-state index contributed by atoms with van der Waals surface area (Å²) in [5.41, 5.74) is 1.77. The third-order valence-corrected chi connectivity index (χ3v) is 3.43. The largest absolute Gasteiger partial charge is 0.507 e. The average molecular weight is 351 g/mol. The first-order valence-electron chi connectivity index (χ1n) is 6.57. The molecule has 0 fully saturated rings. The Labute approximate surface area is 130 Å². The van der Waals surface area contributed by atoms with Crippen LogP contribution >= 0.6 is 15.9 Å². The number of amides is 1. The van der Waals surface area contributed by atoms with Gasteiger partial charge in [0, 0.05) is 4.47 Å². The fraction of sp³-hybridized carbons (Fsp3) is 0.286. The lowest BCUT2D eigenvalue weighted by Crippen LogP contribution is -2.16. The smallest absolute Gasteiger partial charge is 0.261 e. The highest BCUT2D eigenvalue weighted by molar-refractivity contribution is 9.10. The van der Waals surface area contributed by atoms with E-state index in [2.05, 4.69) is 36.4 Å². The molecule has 6 nitrogen and oxygen atoms in total. The minimum Gasteiger partial charge on any atom is -0.507 e. The molecule has 21 heavy (non-hydrogen) atoms. The molecule has 2 rings (SSSR count). The predicted molar refractivity (Wildman–Crippen MR) is 82.3 cm³/mol. The number of aromatic hydroxyl groups is 1. The van der Waals surface area contributed by atoms with E-state index in [1.165, 1.54) is 12.1 Å². The second-order valence-electron chi connectivity index (χ2n) is 4.35. The summed E-state index contributed by atoms with van der Waals surface area (Å²) in [7, 11) is 0. The first-order valence-corrected chi connectivity index (χ1v) is 7.36. The number of rotatable bonds is 4. The van der Waals surface area contributed by atoms with Gasteiger partial charge in [-0.15, -0.1) is 10.2 Å². The number of anilines is 1. The fourth-order valence-corrected chi connectivity index (χ4v) is 2.21. The maximum absolute atomic E-state index is 12.1. The first kappa shape index (κ1) is 15.4. The van der Waals surface area contributed by atoms with Crippen molar-refractivity contribution in [1.82, 2.24) is 15.2 Å². The van der Waals surface area contributed by atoms with Crippen LogP contribution in [-0.2, 0) is 12.8 Å². The molecule has 1 amide bonds. The van der Waals surface area contributed by atoms with Crippen LogP contribution in [0.25, 0.3) is 0 Å². The molecule has 0 spiro atoms. The average Bonchev–Trinajstić information content (AvgIpc) is 2.49. The Kier molecular flexibility index (Phi) is 4.85. The summed E-state index contributed by atoms with van der Waals surface area (Å²) in [5.74, 6) is -0.458. The van der Waals surface area contributed by atoms with Crippen LogP contribution in [0.3, 0.4) is 0 Å². The van der Waals surface area contributed by atoms with E-state index in [1.807, 2.05) is 13.8 Å². The molecule has 0 atom stereocenters. The molecule has 0 radical (unpaired) electrons. The number of nitrogens with zero attached hydrogens (tertiary/aromatic N) is 3. The van der Waals surface area contributed by atoms with Crippen LogP contribution < -0.4 is 5.32 Å². The molecule has 2 aromatic rings. The predicted octanol–water partition coefficient (Wildman–Crippen LogP) is 2.72. The summed E-state index contributed by atoms with van der Waals surface area (Å²) >= 11 is 3.26. The van der Waals surface area contributed by atoms with E-state index in [1.54, 1.807) is 6.07 Å². The maximum atomic E-state index is 12.1. The number of phenolic OH excluding ortho intramolecular Hbond substituents is 1. The Morgan fingerprint density at radius 2 is 1.95 bits per heavy atom. The fourth-order valence-electron chi connectivity index (χ4n) is 1.85. The van der Waals surface area contributed by atoms with Gasteiger partial charge in [0.05, 0.1) is 17.0 Å². The zero-order chi connectivity index (χ0) is 15.4. The normalized spacial score (nSPS) is 10.4. The van der Waals surface area contributed by atoms with E-state index in [9.17, 15) is 9.90 Å². The van der Waals surface area contributed by atoms with Gasteiger partial charge in [-0.1, -0.05) is 29.8 Å². The molecule has 0 aliphatic rings. The summed E-state index contributed by atoms with van der Waals surface area (Å²) in [6.45, 7) is 3.94. The van der Waals surface area contributed by atoms with Gasteiger partial charge in [0.1, 0.15) is 5.75 Å². The van der Waals surface area contributed by atoms with Crippen molar-refractivity contribution in [3.8, 4) is 5.75 Å². The second-order valence-corrected chi connectivity index (χ2v) is 5.27. The molecule has 0 bridgehead atoms. The Morgan fingerprint density at radius 3 is 2.62 bits per heavy atom. The van der Waals surface area contributed by atoms with Gasteiger partial charge in [0.2, 0.25) is 5.95 Å². The number of hydrogen-bond donors (Lipinski definition) is 2. The van der Waals surface area contributed by atoms with Crippen LogP contribution in [-0.4, -0.2) is 26.2 Å². The third kappa shape index (κ3) is 3.55. The molecule has 0 saturated carbocycles. The van der Waals surface area contributed by atoms with Crippen molar-refractivity contribution >= 4 is 27.8 Å². The standard InChI is InChI=1S/C14H15BrN4O2/c1-3-10-11(4-2)18-19-14(16-10)17-13(21)9-7-8(15)5-6-12(9)20/h5-7,20H,3-4H2,1-2H3,(H,16,17,19,21). The number of halogens is 1. The quantitative estimate of drug-likeness (QED) is 0.884. The number of aromatic nitrogens is 3. The van der Waals surface area contributed by atoms with Gasteiger partial charge in [-0.2, -0.15) is 0 Å². The summed E-state index contributed by atoms with van der Waals surface area (Å²) in [6, 6.07) is 4.62. The second kappa shape index (κ2) is 6.62. The number of carbonyl (C=O) groups excluding carboxylic acids is 1. The van der Waals surface area contributed by atoms with Crippen LogP contribution in [0.15, 0.2) is 22.7 Å². The van der Waals surface area contributed by atoms with Gasteiger partial charge in [-0.3, -0.25) is 10.1 Å². The van der Waals surface area contributed by atoms with Gasteiger partial charge >= 0.3 is 0 Å². The molecule has 110 valence electrons. The van der Waals surface area contributed by atoms with Crippen LogP contribution in [0.1, 0.15) is 35.6 Å². The highest BCUT2D eigenvalue weighted by Gasteiger charge is 2.14. The van der Waals surface area contributed by atoms with E-state index in [0.29, 0.717) is 10.9 Å². The Hall–Kier alpha value is -2.02. The van der Waals surface area contributed by atoms with E-state index in [0.717, 1.165) is 17.8 Å². The van der Waals surface area contributed by atoms with Gasteiger partial charge in [0.25, 0.3) is 5.91 Å². The molecule has 0 unspecified atom stereocenters. The number of benzene rings is 1. The minimum absolute atomic E-state index is 0.107. The van der Waals surface area contributed by atoms with E-state index in [4.69, 9.17) is 0 Å². The van der Waals surface area contributed by atoms with E-state index in [-0.39, 0.29) is 17.3 Å². The van der Waals surface area contributed by atoms with Crippen molar-refractivity contribution in [2.45, 2.75) is 26.7 Å². The van der Waals surface area contributed by atoms with Gasteiger partial charge < -0.3 is 5.11 Å². The molecular formula is C14H15BrN4O2. The van der Waals surface area contributed by atoms with Crippen molar-refractivity contribution in [2.24, 2.45) is 0 Å². The minimum atomic E-state index is -0.484. The van der Waals surface area contributed by atoms with Crippen LogP contribution in [0, 0.1) is 0 Å². The number of hydrogen-bond acceptors (Lipinski definition) is 5. The van der Waals surface area contributed by atoms with Gasteiger partial charge in [-0.05, 0) is 31.0 Å². The number of nitrogens with one attached hydrogen (secondary N) is 1. The third-order valence-electron chi connectivity index (χ3n) is 2.94. The lowest BCUT2D eigenvalue weighted by Gasteiger charge is -2.08. The summed E-state index contributed by atoms with van der Waals surface area (Å²) < 4.78 is 0.695. The molecule has 2 N–H and O–H groups in total. The van der Waals surface area contributed by atoms with Crippen molar-refractivity contribution in [3.05, 3.63) is 39.6 Å². The van der Waals surface area contributed by atoms with Crippen LogP contribution in [0.4, 0.5) is 5.95 Å². The van der Waals surface area contributed by atoms with Gasteiger partial charge in [0.15, 0.2) is 0 Å².